The van der Waals surface area contributed by atoms with Gasteiger partial charge in [-0.05, 0) is 66.8 Å². The second-order valence-electron chi connectivity index (χ2n) is 6.85. The molecule has 4 heteroatoms. The minimum Gasteiger partial charge on any atom is -0.465 e. The average molecular weight is 298 g/mol. The highest BCUT2D eigenvalue weighted by atomic mass is 16.5. The summed E-state index contributed by atoms with van der Waals surface area (Å²) in [4.78, 5) is 15.0. The molecule has 21 heavy (non-hydrogen) atoms. The summed E-state index contributed by atoms with van der Waals surface area (Å²) >= 11 is 0. The summed E-state index contributed by atoms with van der Waals surface area (Å²) in [7, 11) is 0. The first kappa shape index (κ1) is 18.4. The van der Waals surface area contributed by atoms with E-state index in [-0.39, 0.29) is 12.0 Å². The second kappa shape index (κ2) is 8.14. The van der Waals surface area contributed by atoms with Gasteiger partial charge in [0.15, 0.2) is 0 Å². The molecule has 1 saturated heterocycles. The van der Waals surface area contributed by atoms with Crippen LogP contribution in [0.2, 0.25) is 0 Å². The molecule has 1 N–H and O–H groups in total. The van der Waals surface area contributed by atoms with Crippen LogP contribution >= 0.6 is 0 Å². The van der Waals surface area contributed by atoms with Gasteiger partial charge in [-0.1, -0.05) is 6.92 Å². The maximum absolute atomic E-state index is 12.4. The summed E-state index contributed by atoms with van der Waals surface area (Å²) in [5.41, 5.74) is -0.607. The number of nitrogens with zero attached hydrogens (tertiary/aromatic N) is 1. The van der Waals surface area contributed by atoms with Gasteiger partial charge in [0.25, 0.3) is 0 Å². The van der Waals surface area contributed by atoms with Gasteiger partial charge in [-0.2, -0.15) is 0 Å². The van der Waals surface area contributed by atoms with Crippen LogP contribution in [0.15, 0.2) is 0 Å². The van der Waals surface area contributed by atoms with Crippen molar-refractivity contribution in [2.75, 3.05) is 13.2 Å². The molecule has 3 atom stereocenters. The van der Waals surface area contributed by atoms with Gasteiger partial charge >= 0.3 is 5.97 Å². The highest BCUT2D eigenvalue weighted by molar-refractivity contribution is 5.80. The first-order chi connectivity index (χ1) is 9.84. The molecular weight excluding hydrogens is 264 g/mol. The SMILES string of the molecule is CCOC(=O)C(C)(CC(C)N1CCCC1CC)NC(C)C. The Hall–Kier alpha value is -0.610. The van der Waals surface area contributed by atoms with Gasteiger partial charge < -0.3 is 4.74 Å². The zero-order valence-electron chi connectivity index (χ0n) is 14.7. The molecule has 0 amide bonds. The fraction of sp³-hybridized carbons (Fsp3) is 0.941. The largest absolute Gasteiger partial charge is 0.465 e. The van der Waals surface area contributed by atoms with Crippen LogP contribution in [-0.4, -0.2) is 47.7 Å². The smallest absolute Gasteiger partial charge is 0.326 e. The Morgan fingerprint density at radius 3 is 2.57 bits per heavy atom. The van der Waals surface area contributed by atoms with E-state index in [1.54, 1.807) is 0 Å². The Balaban J connectivity index is 2.77. The Morgan fingerprint density at radius 2 is 2.05 bits per heavy atom. The maximum Gasteiger partial charge on any atom is 0.326 e. The van der Waals surface area contributed by atoms with Crippen molar-refractivity contribution in [1.82, 2.24) is 10.2 Å². The van der Waals surface area contributed by atoms with E-state index in [0.29, 0.717) is 18.7 Å². The molecule has 124 valence electrons. The summed E-state index contributed by atoms with van der Waals surface area (Å²) in [5.74, 6) is -0.127. The lowest BCUT2D eigenvalue weighted by Crippen LogP contribution is -2.56. The molecule has 3 unspecified atom stereocenters. The van der Waals surface area contributed by atoms with E-state index in [0.717, 1.165) is 13.0 Å². The summed E-state index contributed by atoms with van der Waals surface area (Å²) in [6.07, 6.45) is 4.55. The van der Waals surface area contributed by atoms with Crippen LogP contribution in [0.3, 0.4) is 0 Å². The van der Waals surface area contributed by atoms with E-state index in [1.807, 2.05) is 13.8 Å². The van der Waals surface area contributed by atoms with Crippen LogP contribution in [0.5, 0.6) is 0 Å². The third-order valence-electron chi connectivity index (χ3n) is 4.50. The minimum absolute atomic E-state index is 0.127. The molecule has 0 aromatic carbocycles. The number of rotatable bonds is 8. The molecule has 0 aliphatic carbocycles. The van der Waals surface area contributed by atoms with Crippen LogP contribution in [0.25, 0.3) is 0 Å². The Labute approximate surface area is 130 Å². The molecule has 1 aliphatic heterocycles. The van der Waals surface area contributed by atoms with Crippen molar-refractivity contribution >= 4 is 5.97 Å². The topological polar surface area (TPSA) is 41.6 Å². The van der Waals surface area contributed by atoms with Gasteiger partial charge in [0.1, 0.15) is 5.54 Å². The van der Waals surface area contributed by atoms with Gasteiger partial charge in [-0.3, -0.25) is 15.0 Å². The van der Waals surface area contributed by atoms with Crippen LogP contribution in [-0.2, 0) is 9.53 Å². The number of ether oxygens (including phenoxy) is 1. The van der Waals surface area contributed by atoms with Crippen molar-refractivity contribution in [3.63, 3.8) is 0 Å². The van der Waals surface area contributed by atoms with Gasteiger partial charge in [-0.25, -0.2) is 0 Å². The van der Waals surface area contributed by atoms with Crippen molar-refractivity contribution in [3.8, 4) is 0 Å². The summed E-state index contributed by atoms with van der Waals surface area (Å²) in [6.45, 7) is 14.1. The van der Waals surface area contributed by atoms with E-state index < -0.39 is 5.54 Å². The van der Waals surface area contributed by atoms with Gasteiger partial charge in [-0.15, -0.1) is 0 Å². The lowest BCUT2D eigenvalue weighted by molar-refractivity contribution is -0.151. The van der Waals surface area contributed by atoms with Crippen molar-refractivity contribution in [3.05, 3.63) is 0 Å². The monoisotopic (exact) mass is 298 g/mol. The predicted molar refractivity (Wildman–Crippen MR) is 87.4 cm³/mol. The van der Waals surface area contributed by atoms with E-state index in [9.17, 15) is 4.79 Å². The molecule has 0 aromatic heterocycles. The molecule has 1 rings (SSSR count). The van der Waals surface area contributed by atoms with Crippen LogP contribution in [0, 0.1) is 0 Å². The fourth-order valence-electron chi connectivity index (χ4n) is 3.71. The molecule has 0 spiro atoms. The van der Waals surface area contributed by atoms with Gasteiger partial charge in [0.05, 0.1) is 6.61 Å². The Morgan fingerprint density at radius 1 is 1.38 bits per heavy atom. The van der Waals surface area contributed by atoms with Gasteiger partial charge in [0.2, 0.25) is 0 Å². The average Bonchev–Trinajstić information content (AvgIpc) is 2.86. The fourth-order valence-corrected chi connectivity index (χ4v) is 3.71. The number of likely N-dealkylation sites (tertiary alicyclic amines) is 1. The lowest BCUT2D eigenvalue weighted by atomic mass is 9.91. The Bertz CT molecular complexity index is 333. The van der Waals surface area contributed by atoms with Crippen molar-refractivity contribution in [2.24, 2.45) is 0 Å². The molecule has 1 heterocycles. The van der Waals surface area contributed by atoms with E-state index >= 15 is 0 Å². The number of esters is 1. The van der Waals surface area contributed by atoms with Crippen LogP contribution in [0.4, 0.5) is 0 Å². The van der Waals surface area contributed by atoms with E-state index in [1.165, 1.54) is 19.3 Å². The number of hydrogen-bond acceptors (Lipinski definition) is 4. The van der Waals surface area contributed by atoms with Crippen LogP contribution in [0.1, 0.15) is 67.2 Å². The first-order valence-electron chi connectivity index (χ1n) is 8.54. The van der Waals surface area contributed by atoms with Gasteiger partial charge in [0, 0.05) is 18.1 Å². The highest BCUT2D eigenvalue weighted by Gasteiger charge is 2.39. The molecule has 1 fully saturated rings. The standard InChI is InChI=1S/C17H34N2O2/c1-7-15-10-9-11-19(15)14(5)12-17(6,18-13(3)4)16(20)21-8-2/h13-15,18H,7-12H2,1-6H3. The number of carbonyl (C=O) groups excluding carboxylic acids is 1. The second-order valence-corrected chi connectivity index (χ2v) is 6.85. The maximum atomic E-state index is 12.4. The molecule has 4 nitrogen and oxygen atoms in total. The predicted octanol–water partition coefficient (Wildman–Crippen LogP) is 2.96. The molecule has 0 bridgehead atoms. The van der Waals surface area contributed by atoms with E-state index in [4.69, 9.17) is 4.74 Å². The van der Waals surface area contributed by atoms with E-state index in [2.05, 4.69) is 37.9 Å². The number of carbonyl (C=O) groups is 1. The molecule has 0 saturated carbocycles. The zero-order valence-corrected chi connectivity index (χ0v) is 14.7. The third-order valence-corrected chi connectivity index (χ3v) is 4.50. The minimum atomic E-state index is -0.607. The van der Waals surface area contributed by atoms with Crippen molar-refractivity contribution in [1.29, 1.82) is 0 Å². The summed E-state index contributed by atoms with van der Waals surface area (Å²) in [5, 5.41) is 3.43. The van der Waals surface area contributed by atoms with Crippen LogP contribution < -0.4 is 5.32 Å². The number of nitrogens with one attached hydrogen (secondary N) is 1. The van der Waals surface area contributed by atoms with Crippen molar-refractivity contribution in [2.45, 2.75) is 90.9 Å². The zero-order chi connectivity index (χ0) is 16.0. The highest BCUT2D eigenvalue weighted by Crippen LogP contribution is 2.27. The quantitative estimate of drug-likeness (QED) is 0.700. The molecule has 1 aliphatic rings. The summed E-state index contributed by atoms with van der Waals surface area (Å²) in [6, 6.07) is 1.32. The molecule has 0 aromatic rings. The molecule has 0 radical (unpaired) electrons. The number of hydrogen-bond donors (Lipinski definition) is 1. The normalized spacial score (nSPS) is 24.0. The third kappa shape index (κ3) is 4.96. The van der Waals surface area contributed by atoms with Crippen molar-refractivity contribution < 1.29 is 9.53 Å². The Kier molecular flexibility index (Phi) is 7.14. The molecular formula is C17H34N2O2. The lowest BCUT2D eigenvalue weighted by Gasteiger charge is -2.38. The summed E-state index contributed by atoms with van der Waals surface area (Å²) < 4.78 is 5.30. The first-order valence-corrected chi connectivity index (χ1v) is 8.54.